The van der Waals surface area contributed by atoms with Crippen molar-refractivity contribution in [3.8, 4) is 10.4 Å². The highest BCUT2D eigenvalue weighted by molar-refractivity contribution is 7.13. The number of nitrogen functional groups attached to an aromatic ring is 1. The summed E-state index contributed by atoms with van der Waals surface area (Å²) in [4.78, 5) is 13.9. The molecule has 4 nitrogen and oxygen atoms in total. The lowest BCUT2D eigenvalue weighted by Crippen LogP contribution is -1.94. The summed E-state index contributed by atoms with van der Waals surface area (Å²) in [6.45, 7) is 1.99. The molecule has 0 aliphatic heterocycles. The Hall–Kier alpha value is -2.01. The molecule has 2 N–H and O–H groups in total. The van der Waals surface area contributed by atoms with Crippen molar-refractivity contribution >= 4 is 28.2 Å². The summed E-state index contributed by atoms with van der Waals surface area (Å²) in [7, 11) is 0. The smallest absolute Gasteiger partial charge is 0.124 e. The number of aromatic nitrogens is 3. The van der Waals surface area contributed by atoms with Crippen LogP contribution in [0, 0.1) is 6.92 Å². The zero-order valence-electron chi connectivity index (χ0n) is 9.21. The predicted octanol–water partition coefficient (Wildman–Crippen LogP) is 2.64. The molecule has 0 saturated carbocycles. The van der Waals surface area contributed by atoms with Crippen LogP contribution in [0.25, 0.3) is 21.5 Å². The minimum Gasteiger partial charge on any atom is -0.384 e. The number of nitrogens with two attached hydrogens (primary N) is 1. The van der Waals surface area contributed by atoms with Gasteiger partial charge in [0.1, 0.15) is 5.82 Å². The Labute approximate surface area is 102 Å². The van der Waals surface area contributed by atoms with Crippen LogP contribution in [0.3, 0.4) is 0 Å². The van der Waals surface area contributed by atoms with Crippen LogP contribution < -0.4 is 5.73 Å². The van der Waals surface area contributed by atoms with E-state index in [2.05, 4.69) is 15.0 Å². The van der Waals surface area contributed by atoms with E-state index in [1.807, 2.05) is 31.5 Å². The fraction of sp³-hybridized carbons (Fsp3) is 0.0833. The lowest BCUT2D eigenvalue weighted by molar-refractivity contribution is 1.30. The van der Waals surface area contributed by atoms with Gasteiger partial charge in [-0.2, -0.15) is 0 Å². The van der Waals surface area contributed by atoms with Gasteiger partial charge in [-0.3, -0.25) is 9.97 Å². The van der Waals surface area contributed by atoms with Gasteiger partial charge in [0, 0.05) is 18.0 Å². The van der Waals surface area contributed by atoms with Crippen molar-refractivity contribution in [3.05, 3.63) is 35.6 Å². The average molecular weight is 242 g/mol. The van der Waals surface area contributed by atoms with E-state index in [0.717, 1.165) is 27.0 Å². The molecule has 0 radical (unpaired) electrons. The largest absolute Gasteiger partial charge is 0.384 e. The highest BCUT2D eigenvalue weighted by Crippen LogP contribution is 2.26. The summed E-state index contributed by atoms with van der Waals surface area (Å²) < 4.78 is 0. The SMILES string of the molecule is Cc1cc(N)nc2cc(-c3cncs3)cnc12. The van der Waals surface area contributed by atoms with Gasteiger partial charge in [-0.05, 0) is 24.6 Å². The number of rotatable bonds is 1. The van der Waals surface area contributed by atoms with Gasteiger partial charge in [0.15, 0.2) is 0 Å². The number of hydrogen-bond donors (Lipinski definition) is 1. The normalized spacial score (nSPS) is 10.9. The van der Waals surface area contributed by atoms with Crippen molar-refractivity contribution in [2.75, 3.05) is 5.73 Å². The van der Waals surface area contributed by atoms with Gasteiger partial charge < -0.3 is 5.73 Å². The first-order chi connectivity index (χ1) is 8.24. The van der Waals surface area contributed by atoms with Crippen LogP contribution in [-0.2, 0) is 0 Å². The van der Waals surface area contributed by atoms with Crippen LogP contribution in [0.1, 0.15) is 5.56 Å². The fourth-order valence-corrected chi connectivity index (χ4v) is 2.40. The number of hydrogen-bond acceptors (Lipinski definition) is 5. The van der Waals surface area contributed by atoms with Crippen LogP contribution in [0.5, 0.6) is 0 Å². The van der Waals surface area contributed by atoms with Gasteiger partial charge in [-0.25, -0.2) is 4.98 Å². The van der Waals surface area contributed by atoms with Gasteiger partial charge in [-0.1, -0.05) is 0 Å². The van der Waals surface area contributed by atoms with Crippen LogP contribution >= 0.6 is 11.3 Å². The molecule has 0 saturated heterocycles. The number of aryl methyl sites for hydroxylation is 1. The molecule has 5 heteroatoms. The van der Waals surface area contributed by atoms with E-state index < -0.39 is 0 Å². The van der Waals surface area contributed by atoms with Crippen molar-refractivity contribution in [1.82, 2.24) is 15.0 Å². The van der Waals surface area contributed by atoms with Gasteiger partial charge >= 0.3 is 0 Å². The maximum atomic E-state index is 5.74. The first kappa shape index (κ1) is 10.2. The average Bonchev–Trinajstić information content (AvgIpc) is 2.81. The van der Waals surface area contributed by atoms with Crippen LogP contribution in [0.2, 0.25) is 0 Å². The Morgan fingerprint density at radius 3 is 2.88 bits per heavy atom. The minimum atomic E-state index is 0.526. The lowest BCUT2D eigenvalue weighted by Gasteiger charge is -2.04. The van der Waals surface area contributed by atoms with Crippen molar-refractivity contribution in [2.45, 2.75) is 6.92 Å². The van der Waals surface area contributed by atoms with E-state index >= 15 is 0 Å². The second-order valence-corrected chi connectivity index (χ2v) is 4.71. The van der Waals surface area contributed by atoms with Crippen molar-refractivity contribution in [3.63, 3.8) is 0 Å². The number of pyridine rings is 2. The molecule has 0 aromatic carbocycles. The Morgan fingerprint density at radius 2 is 2.12 bits per heavy atom. The molecular formula is C12H10N4S. The molecule has 0 aliphatic carbocycles. The molecule has 17 heavy (non-hydrogen) atoms. The summed E-state index contributed by atoms with van der Waals surface area (Å²) in [5.74, 6) is 0.526. The van der Waals surface area contributed by atoms with E-state index in [4.69, 9.17) is 5.73 Å². The second-order valence-electron chi connectivity index (χ2n) is 3.82. The molecule has 0 fully saturated rings. The molecule has 0 aliphatic rings. The van der Waals surface area contributed by atoms with E-state index in [1.54, 1.807) is 16.8 Å². The van der Waals surface area contributed by atoms with Gasteiger partial charge in [0.25, 0.3) is 0 Å². The molecule has 84 valence electrons. The second kappa shape index (κ2) is 3.78. The predicted molar refractivity (Wildman–Crippen MR) is 69.8 cm³/mol. The van der Waals surface area contributed by atoms with Crippen LogP contribution in [0.15, 0.2) is 30.0 Å². The van der Waals surface area contributed by atoms with Gasteiger partial charge in [0.2, 0.25) is 0 Å². The zero-order chi connectivity index (χ0) is 11.8. The quantitative estimate of drug-likeness (QED) is 0.712. The molecule has 3 heterocycles. The Morgan fingerprint density at radius 1 is 1.24 bits per heavy atom. The molecular weight excluding hydrogens is 232 g/mol. The summed E-state index contributed by atoms with van der Waals surface area (Å²) >= 11 is 1.58. The number of nitrogens with zero attached hydrogens (tertiary/aromatic N) is 3. The third-order valence-corrected chi connectivity index (χ3v) is 3.39. The molecule has 3 aromatic rings. The molecule has 0 unspecified atom stereocenters. The Bertz CT molecular complexity index is 676. The van der Waals surface area contributed by atoms with E-state index in [9.17, 15) is 0 Å². The first-order valence-electron chi connectivity index (χ1n) is 5.16. The third kappa shape index (κ3) is 1.74. The van der Waals surface area contributed by atoms with Crippen molar-refractivity contribution in [2.24, 2.45) is 0 Å². The van der Waals surface area contributed by atoms with E-state index in [0.29, 0.717) is 5.82 Å². The Kier molecular flexibility index (Phi) is 2.26. The highest BCUT2D eigenvalue weighted by atomic mass is 32.1. The topological polar surface area (TPSA) is 64.7 Å². The fourth-order valence-electron chi connectivity index (χ4n) is 1.80. The minimum absolute atomic E-state index is 0.526. The number of fused-ring (bicyclic) bond motifs is 1. The van der Waals surface area contributed by atoms with Crippen molar-refractivity contribution in [1.29, 1.82) is 0 Å². The molecule has 0 bridgehead atoms. The standard InChI is InChI=1S/C12H10N4S/c1-7-2-11(13)16-9-3-8(4-15-12(7)9)10-5-14-6-17-10/h2-6H,1H3,(H2,13,16). The van der Waals surface area contributed by atoms with Gasteiger partial charge in [-0.15, -0.1) is 11.3 Å². The molecule has 0 spiro atoms. The number of anilines is 1. The van der Waals surface area contributed by atoms with Crippen molar-refractivity contribution < 1.29 is 0 Å². The summed E-state index contributed by atoms with van der Waals surface area (Å²) in [6, 6.07) is 3.83. The molecule has 0 amide bonds. The molecule has 0 atom stereocenters. The lowest BCUT2D eigenvalue weighted by atomic mass is 10.1. The maximum absolute atomic E-state index is 5.74. The van der Waals surface area contributed by atoms with E-state index in [-0.39, 0.29) is 0 Å². The summed E-state index contributed by atoms with van der Waals surface area (Å²) in [5.41, 5.74) is 11.3. The van der Waals surface area contributed by atoms with Gasteiger partial charge in [0.05, 0.1) is 21.4 Å². The zero-order valence-corrected chi connectivity index (χ0v) is 10.0. The monoisotopic (exact) mass is 242 g/mol. The Balaban J connectivity index is 2.26. The molecule has 3 aromatic heterocycles. The van der Waals surface area contributed by atoms with Crippen LogP contribution in [-0.4, -0.2) is 15.0 Å². The number of thiazole rings is 1. The summed E-state index contributed by atoms with van der Waals surface area (Å²) in [6.07, 6.45) is 3.67. The highest BCUT2D eigenvalue weighted by Gasteiger charge is 2.06. The maximum Gasteiger partial charge on any atom is 0.124 e. The van der Waals surface area contributed by atoms with Crippen LogP contribution in [0.4, 0.5) is 5.82 Å². The third-order valence-electron chi connectivity index (χ3n) is 2.57. The first-order valence-corrected chi connectivity index (χ1v) is 6.04. The molecule has 3 rings (SSSR count). The van der Waals surface area contributed by atoms with E-state index in [1.165, 1.54) is 0 Å². The summed E-state index contributed by atoms with van der Waals surface area (Å²) in [5, 5.41) is 0.